The molecule has 0 fully saturated rings. The molecule has 1 amide bonds. The van der Waals surface area contributed by atoms with Crippen molar-refractivity contribution in [1.29, 1.82) is 0 Å². The monoisotopic (exact) mass is 342 g/mol. The van der Waals surface area contributed by atoms with Gasteiger partial charge in [0.1, 0.15) is 0 Å². The number of ether oxygens (including phenoxy) is 2. The van der Waals surface area contributed by atoms with Crippen molar-refractivity contribution in [3.8, 4) is 11.5 Å². The van der Waals surface area contributed by atoms with E-state index in [9.17, 15) is 4.79 Å². The van der Waals surface area contributed by atoms with Gasteiger partial charge in [0.2, 0.25) is 0 Å². The molecular weight excluding hydrogens is 316 g/mol. The molecule has 0 heterocycles. The molecule has 2 aromatic rings. The lowest BCUT2D eigenvalue weighted by atomic mass is 10.1. The number of carbonyl (C=O) groups is 1. The maximum Gasteiger partial charge on any atom is 0.251 e. The Balaban J connectivity index is 1.73. The Hall–Kier alpha value is -2.53. The summed E-state index contributed by atoms with van der Waals surface area (Å²) in [7, 11) is 3.27. The molecule has 0 saturated carbocycles. The molecule has 134 valence electrons. The second kappa shape index (κ2) is 9.69. The molecule has 0 aliphatic rings. The molecule has 0 saturated heterocycles. The molecule has 1 atom stereocenters. The third-order valence-electron chi connectivity index (χ3n) is 3.90. The van der Waals surface area contributed by atoms with Crippen molar-refractivity contribution in [2.75, 3.05) is 27.3 Å². The summed E-state index contributed by atoms with van der Waals surface area (Å²) in [6.45, 7) is 3.52. The highest BCUT2D eigenvalue weighted by Gasteiger charge is 2.09. The second-order valence-electron chi connectivity index (χ2n) is 5.88. The summed E-state index contributed by atoms with van der Waals surface area (Å²) >= 11 is 0. The quantitative estimate of drug-likeness (QED) is 0.688. The van der Waals surface area contributed by atoms with Crippen LogP contribution >= 0.6 is 0 Å². The van der Waals surface area contributed by atoms with Gasteiger partial charge < -0.3 is 20.1 Å². The molecule has 2 aromatic carbocycles. The van der Waals surface area contributed by atoms with E-state index in [2.05, 4.69) is 10.6 Å². The van der Waals surface area contributed by atoms with Crippen LogP contribution < -0.4 is 20.1 Å². The Morgan fingerprint density at radius 3 is 2.44 bits per heavy atom. The van der Waals surface area contributed by atoms with E-state index in [0.29, 0.717) is 12.1 Å². The molecule has 5 heteroatoms. The smallest absolute Gasteiger partial charge is 0.251 e. The van der Waals surface area contributed by atoms with Gasteiger partial charge in [-0.15, -0.1) is 0 Å². The van der Waals surface area contributed by atoms with Gasteiger partial charge in [0, 0.05) is 18.2 Å². The van der Waals surface area contributed by atoms with Crippen molar-refractivity contribution in [2.24, 2.45) is 0 Å². The SMILES string of the molecule is COc1ccc(CCNC[C@@H](C)NC(=O)c2ccccc2)cc1OC. The molecule has 0 aliphatic heterocycles. The molecule has 5 nitrogen and oxygen atoms in total. The van der Waals surface area contributed by atoms with E-state index < -0.39 is 0 Å². The molecular formula is C20H26N2O3. The van der Waals surface area contributed by atoms with Crippen LogP contribution in [-0.2, 0) is 6.42 Å². The normalized spacial score (nSPS) is 11.6. The molecule has 0 aromatic heterocycles. The fourth-order valence-corrected chi connectivity index (χ4v) is 2.54. The van der Waals surface area contributed by atoms with Gasteiger partial charge in [-0.1, -0.05) is 24.3 Å². The van der Waals surface area contributed by atoms with Crippen LogP contribution in [0.3, 0.4) is 0 Å². The average Bonchev–Trinajstić information content (AvgIpc) is 2.65. The zero-order valence-electron chi connectivity index (χ0n) is 15.0. The van der Waals surface area contributed by atoms with Crippen molar-refractivity contribution in [3.63, 3.8) is 0 Å². The van der Waals surface area contributed by atoms with Crippen LogP contribution in [0.4, 0.5) is 0 Å². The lowest BCUT2D eigenvalue weighted by Gasteiger charge is -2.15. The lowest BCUT2D eigenvalue weighted by molar-refractivity contribution is 0.0940. The third kappa shape index (κ3) is 5.80. The van der Waals surface area contributed by atoms with Crippen LogP contribution in [0.5, 0.6) is 11.5 Å². The first-order valence-electron chi connectivity index (χ1n) is 8.41. The van der Waals surface area contributed by atoms with Crippen LogP contribution in [0.2, 0.25) is 0 Å². The van der Waals surface area contributed by atoms with Crippen molar-refractivity contribution < 1.29 is 14.3 Å². The number of amides is 1. The Morgan fingerprint density at radius 1 is 1.04 bits per heavy atom. The number of benzene rings is 2. The van der Waals surface area contributed by atoms with Gasteiger partial charge in [-0.2, -0.15) is 0 Å². The first-order valence-corrected chi connectivity index (χ1v) is 8.41. The maximum atomic E-state index is 12.1. The Bertz CT molecular complexity index is 674. The van der Waals surface area contributed by atoms with Gasteiger partial charge in [0.15, 0.2) is 11.5 Å². The van der Waals surface area contributed by atoms with Crippen molar-refractivity contribution >= 4 is 5.91 Å². The maximum absolute atomic E-state index is 12.1. The Labute approximate surface area is 149 Å². The minimum absolute atomic E-state index is 0.0465. The van der Waals surface area contributed by atoms with Crippen LogP contribution in [0.1, 0.15) is 22.8 Å². The summed E-state index contributed by atoms with van der Waals surface area (Å²) in [5, 5.41) is 6.36. The van der Waals surface area contributed by atoms with Crippen molar-refractivity contribution in [1.82, 2.24) is 10.6 Å². The molecule has 2 N–H and O–H groups in total. The van der Waals surface area contributed by atoms with E-state index in [0.717, 1.165) is 24.5 Å². The van der Waals surface area contributed by atoms with Crippen LogP contribution in [0, 0.1) is 0 Å². The standard InChI is InChI=1S/C20H26N2O3/c1-15(22-20(23)17-7-5-4-6-8-17)14-21-12-11-16-9-10-18(24-2)19(13-16)25-3/h4-10,13,15,21H,11-12,14H2,1-3H3,(H,22,23)/t15-/m1/s1. The van der Waals surface area contributed by atoms with Crippen LogP contribution in [0.25, 0.3) is 0 Å². The average molecular weight is 342 g/mol. The molecule has 0 aliphatic carbocycles. The second-order valence-corrected chi connectivity index (χ2v) is 5.88. The summed E-state index contributed by atoms with van der Waals surface area (Å²) in [5.41, 5.74) is 1.85. The minimum atomic E-state index is -0.0465. The fraction of sp³-hybridized carbons (Fsp3) is 0.350. The highest BCUT2D eigenvalue weighted by Crippen LogP contribution is 2.27. The third-order valence-corrected chi connectivity index (χ3v) is 3.90. The van der Waals surface area contributed by atoms with Crippen molar-refractivity contribution in [3.05, 3.63) is 59.7 Å². The minimum Gasteiger partial charge on any atom is -0.493 e. The fourth-order valence-electron chi connectivity index (χ4n) is 2.54. The van der Waals surface area contributed by atoms with Gasteiger partial charge in [-0.05, 0) is 49.7 Å². The van der Waals surface area contributed by atoms with Crippen LogP contribution in [0.15, 0.2) is 48.5 Å². The van der Waals surface area contributed by atoms with Gasteiger partial charge >= 0.3 is 0 Å². The van der Waals surface area contributed by atoms with Gasteiger partial charge in [-0.25, -0.2) is 0 Å². The molecule has 0 radical (unpaired) electrons. The van der Waals surface area contributed by atoms with Gasteiger partial charge in [0.05, 0.1) is 14.2 Å². The zero-order chi connectivity index (χ0) is 18.1. The Kier molecular flexibility index (Phi) is 7.29. The predicted molar refractivity (Wildman–Crippen MR) is 99.5 cm³/mol. The largest absolute Gasteiger partial charge is 0.493 e. The number of nitrogens with one attached hydrogen (secondary N) is 2. The highest BCUT2D eigenvalue weighted by atomic mass is 16.5. The topological polar surface area (TPSA) is 59.6 Å². The van der Waals surface area contributed by atoms with E-state index >= 15 is 0 Å². The predicted octanol–water partition coefficient (Wildman–Crippen LogP) is 2.65. The van der Waals surface area contributed by atoms with Gasteiger partial charge in [-0.3, -0.25) is 4.79 Å². The summed E-state index contributed by atoms with van der Waals surface area (Å²) < 4.78 is 10.6. The molecule has 2 rings (SSSR count). The number of hydrogen-bond acceptors (Lipinski definition) is 4. The first-order chi connectivity index (χ1) is 12.1. The molecule has 0 unspecified atom stereocenters. The number of carbonyl (C=O) groups excluding carboxylic acids is 1. The molecule has 25 heavy (non-hydrogen) atoms. The van der Waals surface area contributed by atoms with Crippen molar-refractivity contribution in [2.45, 2.75) is 19.4 Å². The lowest BCUT2D eigenvalue weighted by Crippen LogP contribution is -2.40. The summed E-state index contributed by atoms with van der Waals surface area (Å²) in [6, 6.07) is 15.2. The van der Waals surface area contributed by atoms with E-state index in [-0.39, 0.29) is 11.9 Å². The molecule has 0 bridgehead atoms. The summed E-state index contributed by atoms with van der Waals surface area (Å²) in [4.78, 5) is 12.1. The first kappa shape index (κ1) is 18.8. The van der Waals surface area contributed by atoms with E-state index in [4.69, 9.17) is 9.47 Å². The highest BCUT2D eigenvalue weighted by molar-refractivity contribution is 5.94. The summed E-state index contributed by atoms with van der Waals surface area (Å²) in [6.07, 6.45) is 0.875. The number of rotatable bonds is 9. The Morgan fingerprint density at radius 2 is 1.76 bits per heavy atom. The van der Waals surface area contributed by atoms with E-state index in [1.54, 1.807) is 14.2 Å². The van der Waals surface area contributed by atoms with Gasteiger partial charge in [0.25, 0.3) is 5.91 Å². The molecule has 0 spiro atoms. The van der Waals surface area contributed by atoms with E-state index in [1.165, 1.54) is 5.56 Å². The number of methoxy groups -OCH3 is 2. The summed E-state index contributed by atoms with van der Waals surface area (Å²) in [5.74, 6) is 1.43. The number of hydrogen-bond donors (Lipinski definition) is 2. The zero-order valence-corrected chi connectivity index (χ0v) is 15.0. The van der Waals surface area contributed by atoms with E-state index in [1.807, 2.05) is 55.5 Å². The van der Waals surface area contributed by atoms with Crippen LogP contribution in [-0.4, -0.2) is 39.3 Å².